The van der Waals surface area contributed by atoms with Crippen molar-refractivity contribution in [2.75, 3.05) is 18.5 Å². The van der Waals surface area contributed by atoms with Crippen LogP contribution in [0.25, 0.3) is 0 Å². The van der Waals surface area contributed by atoms with Gasteiger partial charge < -0.3 is 10.6 Å². The number of nitrogens with two attached hydrogens (primary N) is 1. The van der Waals surface area contributed by atoms with Crippen molar-refractivity contribution in [3.63, 3.8) is 0 Å². The van der Waals surface area contributed by atoms with Gasteiger partial charge >= 0.3 is 0 Å². The summed E-state index contributed by atoms with van der Waals surface area (Å²) >= 11 is 0. The highest BCUT2D eigenvalue weighted by atomic mass is 32.2. The third kappa shape index (κ3) is 3.13. The van der Waals surface area contributed by atoms with E-state index in [1.165, 1.54) is 7.05 Å². The number of benzene rings is 1. The molecule has 1 heterocycles. The Morgan fingerprint density at radius 3 is 2.83 bits per heavy atom. The Morgan fingerprint density at radius 2 is 2.13 bits per heavy atom. The highest BCUT2D eigenvalue weighted by Crippen LogP contribution is 2.34. The highest BCUT2D eigenvalue weighted by Gasteiger charge is 2.33. The van der Waals surface area contributed by atoms with Gasteiger partial charge in [-0.2, -0.15) is 0 Å². The molecule has 0 saturated heterocycles. The summed E-state index contributed by atoms with van der Waals surface area (Å²) in [6.45, 7) is 0.614. The molecular weight excluding hydrogens is 314 g/mol. The first-order valence-corrected chi connectivity index (χ1v) is 9.54. The molecule has 1 fully saturated rings. The molecule has 3 rings (SSSR count). The van der Waals surface area contributed by atoms with E-state index in [1.54, 1.807) is 23.1 Å². The molecule has 1 aliphatic carbocycles. The van der Waals surface area contributed by atoms with Crippen molar-refractivity contribution in [1.82, 2.24) is 4.72 Å². The zero-order chi connectivity index (χ0) is 16.6. The molecule has 1 amide bonds. The van der Waals surface area contributed by atoms with Gasteiger partial charge in [-0.25, -0.2) is 13.1 Å². The molecule has 1 aromatic rings. The lowest BCUT2D eigenvalue weighted by Gasteiger charge is -2.29. The number of fused-ring (bicyclic) bond motifs is 1. The molecule has 0 aromatic heterocycles. The van der Waals surface area contributed by atoms with E-state index in [1.807, 2.05) is 0 Å². The maximum Gasteiger partial charge on any atom is 0.240 e. The second-order valence-electron chi connectivity index (χ2n) is 6.36. The van der Waals surface area contributed by atoms with Crippen LogP contribution in [0.15, 0.2) is 23.1 Å². The SMILES string of the molecule is CNS(=O)(=O)c1ccc2c(c1)N(C(=O)[C@@H]1CCC[C@@H](N)C1)CC2. The van der Waals surface area contributed by atoms with Crippen molar-refractivity contribution in [1.29, 1.82) is 0 Å². The normalized spacial score (nSPS) is 24.5. The van der Waals surface area contributed by atoms with Crippen molar-refractivity contribution in [2.24, 2.45) is 11.7 Å². The van der Waals surface area contributed by atoms with Crippen molar-refractivity contribution in [3.05, 3.63) is 23.8 Å². The fraction of sp³-hybridized carbons (Fsp3) is 0.562. The average molecular weight is 337 g/mol. The van der Waals surface area contributed by atoms with Crippen molar-refractivity contribution in [2.45, 2.75) is 43.0 Å². The lowest BCUT2D eigenvalue weighted by atomic mass is 9.85. The van der Waals surface area contributed by atoms with E-state index in [0.29, 0.717) is 6.54 Å². The van der Waals surface area contributed by atoms with Crippen LogP contribution in [-0.2, 0) is 21.2 Å². The smallest absolute Gasteiger partial charge is 0.240 e. The van der Waals surface area contributed by atoms with Crippen LogP contribution in [0, 0.1) is 5.92 Å². The Labute approximate surface area is 137 Å². The minimum Gasteiger partial charge on any atom is -0.328 e. The fourth-order valence-electron chi connectivity index (χ4n) is 3.55. The summed E-state index contributed by atoms with van der Waals surface area (Å²) in [5.41, 5.74) is 7.75. The van der Waals surface area contributed by atoms with E-state index in [4.69, 9.17) is 5.73 Å². The number of hydrogen-bond acceptors (Lipinski definition) is 4. The molecule has 1 aliphatic heterocycles. The predicted octanol–water partition coefficient (Wildman–Crippen LogP) is 1.00. The van der Waals surface area contributed by atoms with Gasteiger partial charge in [0, 0.05) is 24.2 Å². The van der Waals surface area contributed by atoms with Crippen molar-refractivity contribution >= 4 is 21.6 Å². The molecule has 1 aromatic carbocycles. The summed E-state index contributed by atoms with van der Waals surface area (Å²) in [5, 5.41) is 0. The van der Waals surface area contributed by atoms with Gasteiger partial charge in [0.2, 0.25) is 15.9 Å². The zero-order valence-electron chi connectivity index (χ0n) is 13.3. The van der Waals surface area contributed by atoms with E-state index in [2.05, 4.69) is 4.72 Å². The highest BCUT2D eigenvalue weighted by molar-refractivity contribution is 7.89. The number of carbonyl (C=O) groups excluding carboxylic acids is 1. The van der Waals surface area contributed by atoms with Crippen LogP contribution in [0.4, 0.5) is 5.69 Å². The van der Waals surface area contributed by atoms with Gasteiger partial charge in [0.25, 0.3) is 0 Å². The topological polar surface area (TPSA) is 92.5 Å². The standard InChI is InChI=1S/C16H23N3O3S/c1-18-23(21,22)14-6-5-11-7-8-19(15(11)10-14)16(20)12-3-2-4-13(17)9-12/h5-6,10,12-13,18H,2-4,7-9,17H2,1H3/t12-,13-/m1/s1. The minimum absolute atomic E-state index is 0.0470. The number of nitrogens with one attached hydrogen (secondary N) is 1. The van der Waals surface area contributed by atoms with Crippen LogP contribution in [0.5, 0.6) is 0 Å². The second kappa shape index (κ2) is 6.22. The van der Waals surface area contributed by atoms with Crippen LogP contribution >= 0.6 is 0 Å². The summed E-state index contributed by atoms with van der Waals surface area (Å²) in [7, 11) is -2.13. The Kier molecular flexibility index (Phi) is 4.44. The average Bonchev–Trinajstić information content (AvgIpc) is 2.97. The van der Waals surface area contributed by atoms with Gasteiger partial charge in [-0.3, -0.25) is 4.79 Å². The third-order valence-corrected chi connectivity index (χ3v) is 6.27. The van der Waals surface area contributed by atoms with Crippen LogP contribution in [0.1, 0.15) is 31.2 Å². The summed E-state index contributed by atoms with van der Waals surface area (Å²) < 4.78 is 26.3. The van der Waals surface area contributed by atoms with Gasteiger partial charge in [0.1, 0.15) is 0 Å². The Balaban J connectivity index is 1.88. The number of carbonyl (C=O) groups is 1. The molecule has 23 heavy (non-hydrogen) atoms. The van der Waals surface area contributed by atoms with E-state index in [0.717, 1.165) is 43.4 Å². The molecule has 2 atom stereocenters. The molecule has 0 unspecified atom stereocenters. The monoisotopic (exact) mass is 337 g/mol. The lowest BCUT2D eigenvalue weighted by molar-refractivity contribution is -0.123. The first-order valence-electron chi connectivity index (χ1n) is 8.06. The maximum atomic E-state index is 12.8. The summed E-state index contributed by atoms with van der Waals surface area (Å²) in [6, 6.07) is 5.10. The van der Waals surface area contributed by atoms with Gasteiger partial charge in [-0.1, -0.05) is 12.5 Å². The van der Waals surface area contributed by atoms with Crippen molar-refractivity contribution in [3.8, 4) is 0 Å². The molecule has 0 spiro atoms. The van der Waals surface area contributed by atoms with E-state index in [-0.39, 0.29) is 22.8 Å². The fourth-order valence-corrected chi connectivity index (χ4v) is 4.29. The number of sulfonamides is 1. The van der Waals surface area contributed by atoms with Crippen LogP contribution in [0.3, 0.4) is 0 Å². The second-order valence-corrected chi connectivity index (χ2v) is 8.25. The number of amides is 1. The molecule has 1 saturated carbocycles. The molecule has 2 aliphatic rings. The zero-order valence-corrected chi connectivity index (χ0v) is 14.1. The van der Waals surface area contributed by atoms with Crippen LogP contribution in [0.2, 0.25) is 0 Å². The van der Waals surface area contributed by atoms with Gasteiger partial charge in [-0.15, -0.1) is 0 Å². The van der Waals surface area contributed by atoms with Gasteiger partial charge in [-0.05, 0) is 50.4 Å². The number of hydrogen-bond donors (Lipinski definition) is 2. The molecule has 7 heteroatoms. The largest absolute Gasteiger partial charge is 0.328 e. The number of anilines is 1. The maximum absolute atomic E-state index is 12.8. The summed E-state index contributed by atoms with van der Waals surface area (Å²) in [6.07, 6.45) is 4.31. The van der Waals surface area contributed by atoms with E-state index < -0.39 is 10.0 Å². The number of rotatable bonds is 3. The van der Waals surface area contributed by atoms with E-state index >= 15 is 0 Å². The molecular formula is C16H23N3O3S. The third-order valence-electron chi connectivity index (χ3n) is 4.86. The Morgan fingerprint density at radius 1 is 1.35 bits per heavy atom. The summed E-state index contributed by atoms with van der Waals surface area (Å²) in [4.78, 5) is 14.8. The molecule has 0 bridgehead atoms. The summed E-state index contributed by atoms with van der Waals surface area (Å²) in [5.74, 6) is 0.0344. The van der Waals surface area contributed by atoms with E-state index in [9.17, 15) is 13.2 Å². The van der Waals surface area contributed by atoms with Crippen LogP contribution < -0.4 is 15.4 Å². The number of nitrogens with zero attached hydrogens (tertiary/aromatic N) is 1. The first kappa shape index (κ1) is 16.4. The van der Waals surface area contributed by atoms with Crippen LogP contribution in [-0.4, -0.2) is 34.0 Å². The molecule has 0 radical (unpaired) electrons. The molecule has 126 valence electrons. The quantitative estimate of drug-likeness (QED) is 0.861. The van der Waals surface area contributed by atoms with Gasteiger partial charge in [0.05, 0.1) is 4.90 Å². The minimum atomic E-state index is -3.51. The Bertz CT molecular complexity index is 717. The first-order chi connectivity index (χ1) is 10.9. The molecule has 3 N–H and O–H groups in total. The van der Waals surface area contributed by atoms with Gasteiger partial charge in [0.15, 0.2) is 0 Å². The predicted molar refractivity (Wildman–Crippen MR) is 88.7 cm³/mol. The molecule has 6 nitrogen and oxygen atoms in total. The Hall–Kier alpha value is -1.44. The lowest BCUT2D eigenvalue weighted by Crippen LogP contribution is -2.40. The van der Waals surface area contributed by atoms with Crippen molar-refractivity contribution < 1.29 is 13.2 Å².